The van der Waals surface area contributed by atoms with Gasteiger partial charge < -0.3 is 14.3 Å². The summed E-state index contributed by atoms with van der Waals surface area (Å²) in [6.45, 7) is 4.04. The van der Waals surface area contributed by atoms with Gasteiger partial charge in [0.1, 0.15) is 12.4 Å². The van der Waals surface area contributed by atoms with Crippen LogP contribution in [0.25, 0.3) is 0 Å². The van der Waals surface area contributed by atoms with Crippen molar-refractivity contribution in [2.45, 2.75) is 20.5 Å². The average molecular weight is 247 g/mol. The molecule has 94 valence electrons. The molecule has 1 heterocycles. The minimum atomic E-state index is -1.12. The number of carboxylic acid groups (broad SMARTS) is 1. The van der Waals surface area contributed by atoms with E-state index < -0.39 is 5.97 Å². The molecule has 0 saturated heterocycles. The second-order valence-electron chi connectivity index (χ2n) is 3.96. The molecular formula is C13H13NO4. The van der Waals surface area contributed by atoms with Gasteiger partial charge in [-0.15, -0.1) is 0 Å². The van der Waals surface area contributed by atoms with Gasteiger partial charge in [-0.2, -0.15) is 0 Å². The van der Waals surface area contributed by atoms with E-state index >= 15 is 0 Å². The van der Waals surface area contributed by atoms with Gasteiger partial charge in [-0.3, -0.25) is 0 Å². The molecule has 1 N–H and O–H groups in total. The van der Waals surface area contributed by atoms with E-state index in [4.69, 9.17) is 14.3 Å². The van der Waals surface area contributed by atoms with Crippen LogP contribution in [0.1, 0.15) is 27.4 Å². The number of carbonyl (C=O) groups is 1. The lowest BCUT2D eigenvalue weighted by Crippen LogP contribution is -2.04. The maximum absolute atomic E-state index is 10.8. The van der Waals surface area contributed by atoms with Gasteiger partial charge in [0.25, 0.3) is 0 Å². The Morgan fingerprint density at radius 1 is 1.39 bits per heavy atom. The third kappa shape index (κ3) is 2.51. The fourth-order valence-electron chi connectivity index (χ4n) is 1.50. The highest BCUT2D eigenvalue weighted by atomic mass is 16.5. The minimum absolute atomic E-state index is 0.0458. The lowest BCUT2D eigenvalue weighted by atomic mass is 10.1. The van der Waals surface area contributed by atoms with Gasteiger partial charge in [-0.05, 0) is 37.1 Å². The normalized spacial score (nSPS) is 10.3. The average Bonchev–Trinajstić information content (AvgIpc) is 2.79. The SMILES string of the molecule is Cc1ccc(OCc2ocnc2C(=O)O)cc1C. The number of carboxylic acids is 1. The third-order valence-electron chi connectivity index (χ3n) is 2.69. The van der Waals surface area contributed by atoms with Crippen molar-refractivity contribution in [3.05, 3.63) is 47.2 Å². The van der Waals surface area contributed by atoms with Crippen molar-refractivity contribution >= 4 is 5.97 Å². The Balaban J connectivity index is 2.09. The van der Waals surface area contributed by atoms with Gasteiger partial charge >= 0.3 is 5.97 Å². The molecule has 0 radical (unpaired) electrons. The molecule has 0 bridgehead atoms. The van der Waals surface area contributed by atoms with Gasteiger partial charge in [-0.1, -0.05) is 6.07 Å². The second kappa shape index (κ2) is 4.91. The standard InChI is InChI=1S/C13H13NO4/c1-8-3-4-10(5-9(8)2)17-6-11-12(13(15)16)14-7-18-11/h3-5,7H,6H2,1-2H3,(H,15,16). The van der Waals surface area contributed by atoms with E-state index in [1.54, 1.807) is 0 Å². The van der Waals surface area contributed by atoms with Crippen LogP contribution in [0.3, 0.4) is 0 Å². The van der Waals surface area contributed by atoms with Crippen molar-refractivity contribution in [1.29, 1.82) is 0 Å². The van der Waals surface area contributed by atoms with Gasteiger partial charge in [0.15, 0.2) is 17.8 Å². The third-order valence-corrected chi connectivity index (χ3v) is 2.69. The molecule has 2 rings (SSSR count). The maximum atomic E-state index is 10.8. The summed E-state index contributed by atoms with van der Waals surface area (Å²) < 4.78 is 10.5. The quantitative estimate of drug-likeness (QED) is 0.898. The van der Waals surface area contributed by atoms with Crippen LogP contribution >= 0.6 is 0 Å². The Hall–Kier alpha value is -2.30. The monoisotopic (exact) mass is 247 g/mol. The smallest absolute Gasteiger partial charge is 0.358 e. The van der Waals surface area contributed by atoms with Crippen LogP contribution in [0.15, 0.2) is 29.0 Å². The van der Waals surface area contributed by atoms with Crippen molar-refractivity contribution in [1.82, 2.24) is 4.98 Å². The molecule has 2 aromatic rings. The molecule has 1 aromatic heterocycles. The number of benzene rings is 1. The van der Waals surface area contributed by atoms with Crippen molar-refractivity contribution in [3.63, 3.8) is 0 Å². The number of aryl methyl sites for hydroxylation is 2. The Morgan fingerprint density at radius 3 is 2.83 bits per heavy atom. The number of aromatic nitrogens is 1. The van der Waals surface area contributed by atoms with Crippen LogP contribution < -0.4 is 4.74 Å². The molecule has 0 aliphatic rings. The highest BCUT2D eigenvalue weighted by molar-refractivity contribution is 5.86. The van der Waals surface area contributed by atoms with Gasteiger partial charge in [0.2, 0.25) is 0 Å². The summed E-state index contributed by atoms with van der Waals surface area (Å²) in [7, 11) is 0. The van der Waals surface area contributed by atoms with Crippen molar-refractivity contribution in [2.24, 2.45) is 0 Å². The molecule has 0 amide bonds. The Labute approximate surface area is 104 Å². The number of hydrogen-bond acceptors (Lipinski definition) is 4. The zero-order valence-corrected chi connectivity index (χ0v) is 10.1. The topological polar surface area (TPSA) is 72.6 Å². The first-order chi connectivity index (χ1) is 8.58. The van der Waals surface area contributed by atoms with Crippen molar-refractivity contribution < 1.29 is 19.1 Å². The molecule has 18 heavy (non-hydrogen) atoms. The van der Waals surface area contributed by atoms with E-state index in [0.29, 0.717) is 5.75 Å². The van der Waals surface area contributed by atoms with Gasteiger partial charge in [-0.25, -0.2) is 9.78 Å². The summed E-state index contributed by atoms with van der Waals surface area (Å²) in [4.78, 5) is 14.4. The van der Waals surface area contributed by atoms with Crippen molar-refractivity contribution in [3.8, 4) is 5.75 Å². The highest BCUT2D eigenvalue weighted by Gasteiger charge is 2.15. The number of aromatic carboxylic acids is 1. The second-order valence-corrected chi connectivity index (χ2v) is 3.96. The first kappa shape index (κ1) is 12.2. The number of oxazole rings is 1. The van der Waals surface area contributed by atoms with E-state index in [1.807, 2.05) is 32.0 Å². The number of nitrogens with zero attached hydrogens (tertiary/aromatic N) is 1. The van der Waals surface area contributed by atoms with Crippen molar-refractivity contribution in [2.75, 3.05) is 0 Å². The molecule has 0 fully saturated rings. The Morgan fingerprint density at radius 2 is 2.17 bits per heavy atom. The largest absolute Gasteiger partial charge is 0.486 e. The predicted octanol–water partition coefficient (Wildman–Crippen LogP) is 2.57. The molecule has 0 aliphatic carbocycles. The van der Waals surface area contributed by atoms with E-state index in [1.165, 1.54) is 5.56 Å². The zero-order valence-electron chi connectivity index (χ0n) is 10.1. The lowest BCUT2D eigenvalue weighted by molar-refractivity contribution is 0.0686. The van der Waals surface area contributed by atoms with Crippen LogP contribution in [0.5, 0.6) is 5.75 Å². The molecule has 5 heteroatoms. The predicted molar refractivity (Wildman–Crippen MR) is 63.7 cm³/mol. The maximum Gasteiger partial charge on any atom is 0.358 e. The Bertz CT molecular complexity index is 574. The molecule has 0 aliphatic heterocycles. The van der Waals surface area contributed by atoms with E-state index in [9.17, 15) is 4.79 Å². The number of hydrogen-bond donors (Lipinski definition) is 1. The lowest BCUT2D eigenvalue weighted by Gasteiger charge is -2.07. The number of ether oxygens (including phenoxy) is 1. The van der Waals surface area contributed by atoms with E-state index in [0.717, 1.165) is 12.0 Å². The van der Waals surface area contributed by atoms with E-state index in [-0.39, 0.29) is 18.1 Å². The fourth-order valence-corrected chi connectivity index (χ4v) is 1.50. The summed E-state index contributed by atoms with van der Waals surface area (Å²) in [5, 5.41) is 8.85. The molecule has 5 nitrogen and oxygen atoms in total. The Kier molecular flexibility index (Phi) is 3.32. The summed E-state index contributed by atoms with van der Waals surface area (Å²) in [6.07, 6.45) is 1.10. The molecule has 0 saturated carbocycles. The molecule has 0 spiro atoms. The van der Waals surface area contributed by atoms with Crippen LogP contribution in [0, 0.1) is 13.8 Å². The number of rotatable bonds is 4. The fraction of sp³-hybridized carbons (Fsp3) is 0.231. The highest BCUT2D eigenvalue weighted by Crippen LogP contribution is 2.18. The molecule has 0 atom stereocenters. The van der Waals surface area contributed by atoms with E-state index in [2.05, 4.69) is 4.98 Å². The summed E-state index contributed by atoms with van der Waals surface area (Å²) in [5.41, 5.74) is 2.18. The van der Waals surface area contributed by atoms with Crippen LogP contribution in [-0.2, 0) is 6.61 Å². The zero-order chi connectivity index (χ0) is 13.1. The summed E-state index contributed by atoms with van der Waals surface area (Å²) in [6, 6.07) is 5.68. The minimum Gasteiger partial charge on any atom is -0.486 e. The van der Waals surface area contributed by atoms with Crippen LogP contribution in [-0.4, -0.2) is 16.1 Å². The molecule has 1 aromatic carbocycles. The molecular weight excluding hydrogens is 234 g/mol. The summed E-state index contributed by atoms with van der Waals surface area (Å²) in [5.74, 6) is -0.242. The van der Waals surface area contributed by atoms with Crippen LogP contribution in [0.4, 0.5) is 0 Å². The molecule has 0 unspecified atom stereocenters. The van der Waals surface area contributed by atoms with Crippen LogP contribution in [0.2, 0.25) is 0 Å². The van der Waals surface area contributed by atoms with Gasteiger partial charge in [0.05, 0.1) is 0 Å². The first-order valence-electron chi connectivity index (χ1n) is 5.43. The summed E-state index contributed by atoms with van der Waals surface area (Å²) >= 11 is 0. The first-order valence-corrected chi connectivity index (χ1v) is 5.43. The van der Waals surface area contributed by atoms with Gasteiger partial charge in [0, 0.05) is 0 Å².